The van der Waals surface area contributed by atoms with Crippen molar-refractivity contribution in [3.8, 4) is 11.3 Å². The van der Waals surface area contributed by atoms with Crippen molar-refractivity contribution in [1.82, 2.24) is 10.3 Å². The minimum Gasteiger partial charge on any atom is -0.356 e. The summed E-state index contributed by atoms with van der Waals surface area (Å²) in [6.07, 6.45) is 0.185. The van der Waals surface area contributed by atoms with Crippen LogP contribution in [-0.2, 0) is 9.59 Å². The molecule has 0 aliphatic heterocycles. The fourth-order valence-electron chi connectivity index (χ4n) is 1.86. The molecule has 7 heteroatoms. The van der Waals surface area contributed by atoms with Gasteiger partial charge in [-0.25, -0.2) is 9.37 Å². The molecule has 0 bridgehead atoms. The van der Waals surface area contributed by atoms with Gasteiger partial charge in [0.05, 0.1) is 5.69 Å². The van der Waals surface area contributed by atoms with Gasteiger partial charge in [-0.05, 0) is 31.2 Å². The molecule has 0 aliphatic rings. The highest BCUT2D eigenvalue weighted by Crippen LogP contribution is 2.30. The van der Waals surface area contributed by atoms with Gasteiger partial charge in [-0.3, -0.25) is 9.59 Å². The van der Waals surface area contributed by atoms with Crippen molar-refractivity contribution in [1.29, 1.82) is 0 Å². The van der Waals surface area contributed by atoms with Crippen LogP contribution in [0.5, 0.6) is 0 Å². The second-order valence-corrected chi connectivity index (χ2v) is 5.92. The number of aryl methyl sites for hydroxylation is 1. The summed E-state index contributed by atoms with van der Waals surface area (Å²) in [4.78, 5) is 27.8. The number of carbonyl (C=O) groups excluding carboxylic acids is 2. The molecule has 0 spiro atoms. The van der Waals surface area contributed by atoms with Crippen molar-refractivity contribution >= 4 is 28.3 Å². The molecule has 0 unspecified atom stereocenters. The Balaban J connectivity index is 2.02. The first-order valence-corrected chi connectivity index (χ1v) is 7.55. The van der Waals surface area contributed by atoms with Crippen molar-refractivity contribution < 1.29 is 14.0 Å². The largest absolute Gasteiger partial charge is 0.356 e. The molecular formula is C15H16FN3O2S. The summed E-state index contributed by atoms with van der Waals surface area (Å²) in [6, 6.07) is 6.05. The van der Waals surface area contributed by atoms with Gasteiger partial charge in [-0.2, -0.15) is 0 Å². The molecule has 1 aromatic heterocycles. The van der Waals surface area contributed by atoms with Crippen LogP contribution in [0.2, 0.25) is 0 Å². The van der Waals surface area contributed by atoms with Gasteiger partial charge in [0.25, 0.3) is 0 Å². The number of nitrogens with one attached hydrogen (secondary N) is 2. The van der Waals surface area contributed by atoms with Crippen molar-refractivity contribution in [2.45, 2.75) is 20.3 Å². The van der Waals surface area contributed by atoms with E-state index in [0.29, 0.717) is 5.13 Å². The van der Waals surface area contributed by atoms with Crippen LogP contribution >= 0.6 is 11.3 Å². The Morgan fingerprint density at radius 2 is 1.95 bits per heavy atom. The molecule has 0 saturated heterocycles. The second kappa shape index (κ2) is 7.13. The number of carbonyl (C=O) groups is 2. The SMILES string of the molecule is CC(=O)NCCC(=O)Nc1nc(-c2ccc(F)cc2)c(C)s1. The van der Waals surface area contributed by atoms with E-state index in [1.165, 1.54) is 30.4 Å². The quantitative estimate of drug-likeness (QED) is 0.889. The monoisotopic (exact) mass is 321 g/mol. The number of thiazole rings is 1. The summed E-state index contributed by atoms with van der Waals surface area (Å²) in [5.41, 5.74) is 1.52. The van der Waals surface area contributed by atoms with Crippen LogP contribution in [0.25, 0.3) is 11.3 Å². The lowest BCUT2D eigenvalue weighted by Gasteiger charge is -2.02. The van der Waals surface area contributed by atoms with Crippen LogP contribution in [0.3, 0.4) is 0 Å². The van der Waals surface area contributed by atoms with Gasteiger partial charge in [-0.15, -0.1) is 11.3 Å². The summed E-state index contributed by atoms with van der Waals surface area (Å²) in [5.74, 6) is -0.687. The van der Waals surface area contributed by atoms with E-state index in [9.17, 15) is 14.0 Å². The van der Waals surface area contributed by atoms with Crippen LogP contribution in [0, 0.1) is 12.7 Å². The lowest BCUT2D eigenvalue weighted by molar-refractivity contribution is -0.119. The summed E-state index contributed by atoms with van der Waals surface area (Å²) in [6.45, 7) is 3.58. The van der Waals surface area contributed by atoms with E-state index < -0.39 is 0 Å². The van der Waals surface area contributed by atoms with E-state index in [1.807, 2.05) is 6.92 Å². The van der Waals surface area contributed by atoms with Crippen LogP contribution in [0.15, 0.2) is 24.3 Å². The van der Waals surface area contributed by atoms with E-state index in [1.54, 1.807) is 12.1 Å². The van der Waals surface area contributed by atoms with E-state index in [2.05, 4.69) is 15.6 Å². The summed E-state index contributed by atoms with van der Waals surface area (Å²) < 4.78 is 13.0. The minimum atomic E-state index is -0.303. The third-order valence-corrected chi connectivity index (χ3v) is 3.77. The van der Waals surface area contributed by atoms with Crippen molar-refractivity contribution in [2.75, 3.05) is 11.9 Å². The normalized spacial score (nSPS) is 10.3. The number of rotatable bonds is 5. The Kier molecular flexibility index (Phi) is 5.21. The molecule has 1 aromatic carbocycles. The first-order valence-electron chi connectivity index (χ1n) is 6.73. The zero-order valence-electron chi connectivity index (χ0n) is 12.3. The van der Waals surface area contributed by atoms with Crippen LogP contribution in [0.4, 0.5) is 9.52 Å². The molecule has 0 saturated carbocycles. The second-order valence-electron chi connectivity index (χ2n) is 4.71. The average molecular weight is 321 g/mol. The Hall–Kier alpha value is -2.28. The molecule has 2 amide bonds. The minimum absolute atomic E-state index is 0.170. The van der Waals surface area contributed by atoms with Crippen LogP contribution in [0.1, 0.15) is 18.2 Å². The summed E-state index contributed by atoms with van der Waals surface area (Å²) in [7, 11) is 0. The first kappa shape index (κ1) is 16.1. The Labute approximate surface area is 131 Å². The zero-order valence-corrected chi connectivity index (χ0v) is 13.1. The van der Waals surface area contributed by atoms with Gasteiger partial charge in [0, 0.05) is 30.3 Å². The van der Waals surface area contributed by atoms with Gasteiger partial charge >= 0.3 is 0 Å². The predicted octanol–water partition coefficient (Wildman–Crippen LogP) is 2.72. The number of anilines is 1. The Bertz CT molecular complexity index is 683. The summed E-state index contributed by atoms with van der Waals surface area (Å²) in [5, 5.41) is 5.75. The fraction of sp³-hybridized carbons (Fsp3) is 0.267. The molecule has 116 valence electrons. The van der Waals surface area contributed by atoms with E-state index in [4.69, 9.17) is 0 Å². The van der Waals surface area contributed by atoms with Gasteiger partial charge in [-0.1, -0.05) is 0 Å². The highest BCUT2D eigenvalue weighted by Gasteiger charge is 2.12. The summed E-state index contributed by atoms with van der Waals surface area (Å²) >= 11 is 1.36. The maximum absolute atomic E-state index is 13.0. The number of hydrogen-bond acceptors (Lipinski definition) is 4. The van der Waals surface area contributed by atoms with E-state index >= 15 is 0 Å². The number of halogens is 1. The van der Waals surface area contributed by atoms with Crippen LogP contribution < -0.4 is 10.6 Å². The lowest BCUT2D eigenvalue weighted by atomic mass is 10.1. The molecule has 2 rings (SSSR count). The molecule has 2 N–H and O–H groups in total. The van der Waals surface area contributed by atoms with Crippen molar-refractivity contribution in [3.63, 3.8) is 0 Å². The predicted molar refractivity (Wildman–Crippen MR) is 84.2 cm³/mol. The number of aromatic nitrogens is 1. The van der Waals surface area contributed by atoms with Gasteiger partial charge in [0.15, 0.2) is 5.13 Å². The zero-order chi connectivity index (χ0) is 16.1. The molecule has 5 nitrogen and oxygen atoms in total. The highest BCUT2D eigenvalue weighted by molar-refractivity contribution is 7.16. The molecule has 2 aromatic rings. The number of nitrogens with zero attached hydrogens (tertiary/aromatic N) is 1. The Morgan fingerprint density at radius 3 is 2.59 bits per heavy atom. The molecule has 0 radical (unpaired) electrons. The molecule has 0 fully saturated rings. The maximum Gasteiger partial charge on any atom is 0.227 e. The number of hydrogen-bond donors (Lipinski definition) is 2. The maximum atomic E-state index is 13.0. The standard InChI is InChI=1S/C15H16FN3O2S/c1-9-14(11-3-5-12(16)6-4-11)19-15(22-9)18-13(21)7-8-17-10(2)20/h3-6H,7-8H2,1-2H3,(H,17,20)(H,18,19,21). The molecule has 22 heavy (non-hydrogen) atoms. The topological polar surface area (TPSA) is 71.1 Å². The van der Waals surface area contributed by atoms with Crippen molar-refractivity contribution in [3.05, 3.63) is 35.0 Å². The first-order chi connectivity index (χ1) is 10.5. The smallest absolute Gasteiger partial charge is 0.227 e. The van der Waals surface area contributed by atoms with Gasteiger partial charge in [0.1, 0.15) is 5.82 Å². The third kappa shape index (κ3) is 4.36. The fourth-order valence-corrected chi connectivity index (χ4v) is 2.71. The van der Waals surface area contributed by atoms with Crippen molar-refractivity contribution in [2.24, 2.45) is 0 Å². The average Bonchev–Trinajstić information content (AvgIpc) is 2.80. The van der Waals surface area contributed by atoms with Crippen LogP contribution in [-0.4, -0.2) is 23.3 Å². The van der Waals surface area contributed by atoms with Gasteiger partial charge < -0.3 is 10.6 Å². The van der Waals surface area contributed by atoms with E-state index in [0.717, 1.165) is 16.1 Å². The van der Waals surface area contributed by atoms with Gasteiger partial charge in [0.2, 0.25) is 11.8 Å². The molecule has 0 atom stereocenters. The molecular weight excluding hydrogens is 305 g/mol. The molecule has 1 heterocycles. The lowest BCUT2D eigenvalue weighted by Crippen LogP contribution is -2.25. The number of amides is 2. The van der Waals surface area contributed by atoms with E-state index in [-0.39, 0.29) is 30.6 Å². The number of benzene rings is 1. The third-order valence-electron chi connectivity index (χ3n) is 2.89. The highest BCUT2D eigenvalue weighted by atomic mass is 32.1. The Morgan fingerprint density at radius 1 is 1.27 bits per heavy atom. The molecule has 0 aliphatic carbocycles.